The molecular formula is C12H15F2NO2S. The summed E-state index contributed by atoms with van der Waals surface area (Å²) in [6.45, 7) is 1.99. The predicted octanol–water partition coefficient (Wildman–Crippen LogP) is 2.09. The van der Waals surface area contributed by atoms with Crippen LogP contribution in [0.5, 0.6) is 0 Å². The third-order valence-corrected chi connectivity index (χ3v) is 3.21. The smallest absolute Gasteiger partial charge is 0.323 e. The molecule has 1 atom stereocenters. The molecule has 0 fully saturated rings. The first kappa shape index (κ1) is 14.9. The molecule has 0 heterocycles. The Bertz CT molecular complexity index is 395. The Kier molecular flexibility index (Phi) is 6.07. The van der Waals surface area contributed by atoms with Crippen molar-refractivity contribution in [3.8, 4) is 0 Å². The monoisotopic (exact) mass is 275 g/mol. The zero-order valence-electron chi connectivity index (χ0n) is 9.99. The molecule has 0 aromatic heterocycles. The van der Waals surface area contributed by atoms with Crippen LogP contribution < -0.4 is 5.73 Å². The first-order chi connectivity index (χ1) is 8.52. The van der Waals surface area contributed by atoms with E-state index < -0.39 is 23.6 Å². The van der Waals surface area contributed by atoms with E-state index in [9.17, 15) is 13.6 Å². The van der Waals surface area contributed by atoms with Gasteiger partial charge in [0.25, 0.3) is 0 Å². The molecule has 100 valence electrons. The van der Waals surface area contributed by atoms with Crippen molar-refractivity contribution in [1.82, 2.24) is 0 Å². The van der Waals surface area contributed by atoms with Gasteiger partial charge in [-0.1, -0.05) is 0 Å². The van der Waals surface area contributed by atoms with E-state index >= 15 is 0 Å². The van der Waals surface area contributed by atoms with Crippen LogP contribution >= 0.6 is 11.8 Å². The number of rotatable bonds is 6. The topological polar surface area (TPSA) is 52.3 Å². The van der Waals surface area contributed by atoms with Crippen LogP contribution in [-0.4, -0.2) is 24.4 Å². The second kappa shape index (κ2) is 7.33. The summed E-state index contributed by atoms with van der Waals surface area (Å²) in [6.07, 6.45) is 0. The Labute approximate surface area is 109 Å². The molecule has 3 nitrogen and oxygen atoms in total. The van der Waals surface area contributed by atoms with E-state index in [-0.39, 0.29) is 6.61 Å². The van der Waals surface area contributed by atoms with Gasteiger partial charge in [-0.25, -0.2) is 8.78 Å². The zero-order valence-corrected chi connectivity index (χ0v) is 10.8. The van der Waals surface area contributed by atoms with Crippen LogP contribution in [0.2, 0.25) is 0 Å². The van der Waals surface area contributed by atoms with Gasteiger partial charge in [-0.15, -0.1) is 0 Å². The number of carbonyl (C=O) groups is 1. The molecule has 0 amide bonds. The molecule has 0 saturated heterocycles. The van der Waals surface area contributed by atoms with E-state index in [2.05, 4.69) is 0 Å². The van der Waals surface area contributed by atoms with Crippen molar-refractivity contribution in [3.63, 3.8) is 0 Å². The van der Waals surface area contributed by atoms with Crippen molar-refractivity contribution in [3.05, 3.63) is 35.4 Å². The highest BCUT2D eigenvalue weighted by Crippen LogP contribution is 2.15. The molecule has 0 bridgehead atoms. The van der Waals surface area contributed by atoms with Gasteiger partial charge in [0.1, 0.15) is 17.7 Å². The lowest BCUT2D eigenvalue weighted by Crippen LogP contribution is -2.34. The zero-order chi connectivity index (χ0) is 13.5. The Morgan fingerprint density at radius 1 is 1.39 bits per heavy atom. The maximum absolute atomic E-state index is 12.9. The van der Waals surface area contributed by atoms with Crippen LogP contribution in [0.25, 0.3) is 0 Å². The fourth-order valence-electron chi connectivity index (χ4n) is 1.32. The van der Waals surface area contributed by atoms with Gasteiger partial charge in [-0.2, -0.15) is 11.8 Å². The van der Waals surface area contributed by atoms with Crippen LogP contribution in [0.15, 0.2) is 18.2 Å². The first-order valence-corrected chi connectivity index (χ1v) is 6.63. The summed E-state index contributed by atoms with van der Waals surface area (Å²) in [7, 11) is 0. The van der Waals surface area contributed by atoms with Crippen molar-refractivity contribution >= 4 is 17.7 Å². The molecule has 0 aliphatic carbocycles. The lowest BCUT2D eigenvalue weighted by atomic mass is 10.2. The average Bonchev–Trinajstić information content (AvgIpc) is 2.27. The highest BCUT2D eigenvalue weighted by Gasteiger charge is 2.14. The molecule has 1 aromatic carbocycles. The molecule has 0 aliphatic heterocycles. The summed E-state index contributed by atoms with van der Waals surface area (Å²) in [5, 5.41) is 0. The van der Waals surface area contributed by atoms with Crippen LogP contribution in [0.3, 0.4) is 0 Å². The molecule has 2 N–H and O–H groups in total. The van der Waals surface area contributed by atoms with Crippen LogP contribution in [0.1, 0.15) is 12.5 Å². The van der Waals surface area contributed by atoms with E-state index in [1.165, 1.54) is 23.9 Å². The van der Waals surface area contributed by atoms with Crippen LogP contribution in [0, 0.1) is 11.6 Å². The predicted molar refractivity (Wildman–Crippen MR) is 67.1 cm³/mol. The van der Waals surface area contributed by atoms with E-state index in [1.54, 1.807) is 6.92 Å². The molecule has 18 heavy (non-hydrogen) atoms. The third-order valence-electron chi connectivity index (χ3n) is 2.08. The summed E-state index contributed by atoms with van der Waals surface area (Å²) in [6, 6.07) is 2.62. The maximum Gasteiger partial charge on any atom is 0.323 e. The highest BCUT2D eigenvalue weighted by atomic mass is 32.2. The van der Waals surface area contributed by atoms with E-state index in [0.29, 0.717) is 17.1 Å². The fourth-order valence-corrected chi connectivity index (χ4v) is 2.23. The third kappa shape index (κ3) is 5.01. The average molecular weight is 275 g/mol. The number of carbonyl (C=O) groups excluding carboxylic acids is 1. The van der Waals surface area contributed by atoms with Gasteiger partial charge < -0.3 is 10.5 Å². The Hall–Kier alpha value is -1.14. The second-order valence-corrected chi connectivity index (χ2v) is 4.68. The molecule has 0 saturated carbocycles. The van der Waals surface area contributed by atoms with Crippen molar-refractivity contribution in [2.75, 3.05) is 12.4 Å². The normalized spacial score (nSPS) is 12.2. The Morgan fingerprint density at radius 2 is 2.00 bits per heavy atom. The number of thioether (sulfide) groups is 1. The number of ether oxygens (including phenoxy) is 1. The molecule has 0 aliphatic rings. The summed E-state index contributed by atoms with van der Waals surface area (Å²) in [5.74, 6) is -0.949. The number of nitrogens with two attached hydrogens (primary N) is 1. The maximum atomic E-state index is 12.9. The summed E-state index contributed by atoms with van der Waals surface area (Å²) in [4.78, 5) is 11.2. The lowest BCUT2D eigenvalue weighted by molar-refractivity contribution is -0.144. The van der Waals surface area contributed by atoms with Crippen LogP contribution in [0.4, 0.5) is 8.78 Å². The number of hydrogen-bond donors (Lipinski definition) is 1. The van der Waals surface area contributed by atoms with Gasteiger partial charge in [-0.05, 0) is 24.6 Å². The Balaban J connectivity index is 2.39. The fraction of sp³-hybridized carbons (Fsp3) is 0.417. The minimum atomic E-state index is -0.714. The minimum Gasteiger partial charge on any atom is -0.465 e. The quantitative estimate of drug-likeness (QED) is 0.808. The van der Waals surface area contributed by atoms with Crippen molar-refractivity contribution in [1.29, 1.82) is 0 Å². The largest absolute Gasteiger partial charge is 0.465 e. The van der Waals surface area contributed by atoms with Crippen molar-refractivity contribution in [2.24, 2.45) is 5.73 Å². The number of benzene rings is 1. The SMILES string of the molecule is CCOC(=O)C(N)CSCc1cc(F)cc(F)c1. The molecule has 6 heteroatoms. The van der Waals surface area contributed by atoms with Gasteiger partial charge >= 0.3 is 5.97 Å². The lowest BCUT2D eigenvalue weighted by Gasteiger charge is -2.10. The van der Waals surface area contributed by atoms with Gasteiger partial charge in [0.15, 0.2) is 0 Å². The Morgan fingerprint density at radius 3 is 2.56 bits per heavy atom. The van der Waals surface area contributed by atoms with E-state index in [0.717, 1.165) is 6.07 Å². The van der Waals surface area contributed by atoms with Gasteiger partial charge in [-0.3, -0.25) is 4.79 Å². The number of esters is 1. The van der Waals surface area contributed by atoms with Crippen molar-refractivity contribution in [2.45, 2.75) is 18.7 Å². The minimum absolute atomic E-state index is 0.284. The highest BCUT2D eigenvalue weighted by molar-refractivity contribution is 7.98. The van der Waals surface area contributed by atoms with Crippen molar-refractivity contribution < 1.29 is 18.3 Å². The molecule has 0 spiro atoms. The molecule has 1 unspecified atom stereocenters. The second-order valence-electron chi connectivity index (χ2n) is 3.65. The molecule has 1 rings (SSSR count). The summed E-state index contributed by atoms with van der Waals surface area (Å²) >= 11 is 1.33. The van der Waals surface area contributed by atoms with Crippen LogP contribution in [-0.2, 0) is 15.3 Å². The molecule has 1 aromatic rings. The standard InChI is InChI=1S/C12H15F2NO2S/c1-2-17-12(16)11(15)7-18-6-8-3-9(13)5-10(14)4-8/h3-5,11H,2,6-7,15H2,1H3. The molecule has 0 radical (unpaired) electrons. The van der Waals surface area contributed by atoms with E-state index in [4.69, 9.17) is 10.5 Å². The van der Waals surface area contributed by atoms with Gasteiger partial charge in [0.05, 0.1) is 6.61 Å². The molecular weight excluding hydrogens is 260 g/mol. The summed E-state index contributed by atoms with van der Waals surface area (Å²) < 4.78 is 30.5. The van der Waals surface area contributed by atoms with E-state index in [1.807, 2.05) is 0 Å². The number of hydrogen-bond acceptors (Lipinski definition) is 4. The number of halogens is 2. The van der Waals surface area contributed by atoms with Gasteiger partial charge in [0, 0.05) is 17.6 Å². The van der Waals surface area contributed by atoms with Gasteiger partial charge in [0.2, 0.25) is 0 Å². The first-order valence-electron chi connectivity index (χ1n) is 5.48. The summed E-state index contributed by atoms with van der Waals surface area (Å²) in [5.41, 5.74) is 6.11.